The van der Waals surface area contributed by atoms with Crippen LogP contribution in [0, 0.1) is 11.3 Å². The van der Waals surface area contributed by atoms with Crippen molar-refractivity contribution < 1.29 is 10.2 Å². The number of aliphatic hydroxyl groups is 2. The SMILES string of the molecule is C=C(C)C1CCC(C)(C(=C)C)CC1(O)CC1(O)CCCCC1. The van der Waals surface area contributed by atoms with E-state index in [2.05, 4.69) is 27.0 Å². The summed E-state index contributed by atoms with van der Waals surface area (Å²) in [5.74, 6) is 0.0888. The van der Waals surface area contributed by atoms with Crippen LogP contribution >= 0.6 is 0 Å². The highest BCUT2D eigenvalue weighted by atomic mass is 16.3. The van der Waals surface area contributed by atoms with Crippen molar-refractivity contribution in [2.24, 2.45) is 11.3 Å². The average Bonchev–Trinajstić information content (AvgIpc) is 2.37. The quantitative estimate of drug-likeness (QED) is 0.735. The van der Waals surface area contributed by atoms with Crippen LogP contribution in [0.3, 0.4) is 0 Å². The van der Waals surface area contributed by atoms with E-state index in [1.807, 2.05) is 6.92 Å². The molecule has 0 aromatic rings. The van der Waals surface area contributed by atoms with Gasteiger partial charge in [-0.1, -0.05) is 50.5 Å². The summed E-state index contributed by atoms with van der Waals surface area (Å²) in [6.07, 6.45) is 8.14. The molecule has 2 aliphatic rings. The molecular weight excluding hydrogens is 272 g/mol. The largest absolute Gasteiger partial charge is 0.390 e. The molecule has 2 saturated carbocycles. The van der Waals surface area contributed by atoms with Gasteiger partial charge >= 0.3 is 0 Å². The first kappa shape index (κ1) is 17.7. The van der Waals surface area contributed by atoms with Crippen LogP contribution < -0.4 is 0 Å². The Kier molecular flexibility index (Phi) is 4.94. The van der Waals surface area contributed by atoms with Gasteiger partial charge < -0.3 is 10.2 Å². The Morgan fingerprint density at radius 1 is 1.05 bits per heavy atom. The first-order valence-corrected chi connectivity index (χ1v) is 8.86. The second-order valence-electron chi connectivity index (χ2n) is 8.52. The average molecular weight is 306 g/mol. The maximum atomic E-state index is 11.5. The lowest BCUT2D eigenvalue weighted by atomic mass is 9.57. The second kappa shape index (κ2) is 6.13. The van der Waals surface area contributed by atoms with Crippen molar-refractivity contribution in [2.75, 3.05) is 0 Å². The first-order valence-electron chi connectivity index (χ1n) is 8.86. The fourth-order valence-corrected chi connectivity index (χ4v) is 4.83. The standard InChI is InChI=1S/C20H34O2/c1-15(2)17-9-12-18(5,16(3)4)13-20(17,22)14-19(21)10-7-6-8-11-19/h17,21-22H,1,3,6-14H2,2,4-5H3. The molecule has 2 N–H and O–H groups in total. The van der Waals surface area contributed by atoms with Gasteiger partial charge in [0.1, 0.15) is 0 Å². The van der Waals surface area contributed by atoms with E-state index >= 15 is 0 Å². The molecule has 126 valence electrons. The maximum Gasteiger partial charge on any atom is 0.0748 e. The number of allylic oxidation sites excluding steroid dienone is 1. The second-order valence-corrected chi connectivity index (χ2v) is 8.52. The topological polar surface area (TPSA) is 40.5 Å². The molecule has 0 amide bonds. The molecule has 0 aliphatic heterocycles. The van der Waals surface area contributed by atoms with Crippen molar-refractivity contribution in [3.05, 3.63) is 24.3 Å². The van der Waals surface area contributed by atoms with Crippen molar-refractivity contribution in [1.29, 1.82) is 0 Å². The van der Waals surface area contributed by atoms with Crippen LogP contribution in [0.5, 0.6) is 0 Å². The first-order chi connectivity index (χ1) is 10.1. The zero-order valence-corrected chi connectivity index (χ0v) is 14.7. The van der Waals surface area contributed by atoms with Gasteiger partial charge in [-0.3, -0.25) is 0 Å². The molecule has 0 aromatic heterocycles. The molecule has 0 aromatic carbocycles. The molecule has 0 heterocycles. The predicted octanol–water partition coefficient (Wildman–Crippen LogP) is 4.76. The molecular formula is C20H34O2. The fourth-order valence-electron chi connectivity index (χ4n) is 4.83. The Morgan fingerprint density at radius 2 is 1.64 bits per heavy atom. The normalized spacial score (nSPS) is 38.5. The summed E-state index contributed by atoms with van der Waals surface area (Å²) < 4.78 is 0. The third-order valence-corrected chi connectivity index (χ3v) is 6.37. The number of hydrogen-bond donors (Lipinski definition) is 2. The summed E-state index contributed by atoms with van der Waals surface area (Å²) in [4.78, 5) is 0. The minimum atomic E-state index is -0.857. The van der Waals surface area contributed by atoms with Crippen LogP contribution in [-0.2, 0) is 0 Å². The molecule has 2 aliphatic carbocycles. The molecule has 2 rings (SSSR count). The van der Waals surface area contributed by atoms with Gasteiger partial charge in [-0.2, -0.15) is 0 Å². The molecule has 0 saturated heterocycles. The summed E-state index contributed by atoms with van der Waals surface area (Å²) in [6, 6.07) is 0. The van der Waals surface area contributed by atoms with E-state index in [-0.39, 0.29) is 11.3 Å². The fraction of sp³-hybridized carbons (Fsp3) is 0.800. The van der Waals surface area contributed by atoms with Crippen LogP contribution in [0.2, 0.25) is 0 Å². The molecule has 3 unspecified atom stereocenters. The Morgan fingerprint density at radius 3 is 2.14 bits per heavy atom. The monoisotopic (exact) mass is 306 g/mol. The van der Waals surface area contributed by atoms with Crippen LogP contribution in [0.25, 0.3) is 0 Å². The van der Waals surface area contributed by atoms with Gasteiger partial charge in [-0.15, -0.1) is 0 Å². The minimum absolute atomic E-state index is 0.0360. The van der Waals surface area contributed by atoms with E-state index in [1.54, 1.807) is 0 Å². The lowest BCUT2D eigenvalue weighted by Crippen LogP contribution is -2.53. The van der Waals surface area contributed by atoms with E-state index in [9.17, 15) is 10.2 Å². The van der Waals surface area contributed by atoms with Crippen molar-refractivity contribution in [3.63, 3.8) is 0 Å². The highest BCUT2D eigenvalue weighted by Gasteiger charge is 2.51. The van der Waals surface area contributed by atoms with E-state index in [0.29, 0.717) is 12.8 Å². The summed E-state index contributed by atoms with van der Waals surface area (Å²) in [6.45, 7) is 14.6. The minimum Gasteiger partial charge on any atom is -0.390 e. The maximum absolute atomic E-state index is 11.5. The Bertz CT molecular complexity index is 447. The van der Waals surface area contributed by atoms with E-state index in [4.69, 9.17) is 0 Å². The van der Waals surface area contributed by atoms with Gasteiger partial charge in [0.2, 0.25) is 0 Å². The number of rotatable bonds is 4. The van der Waals surface area contributed by atoms with Crippen molar-refractivity contribution in [1.82, 2.24) is 0 Å². The smallest absolute Gasteiger partial charge is 0.0748 e. The molecule has 2 nitrogen and oxygen atoms in total. The highest BCUT2D eigenvalue weighted by molar-refractivity contribution is 5.18. The third kappa shape index (κ3) is 3.49. The van der Waals surface area contributed by atoms with Crippen LogP contribution in [0.4, 0.5) is 0 Å². The molecule has 0 spiro atoms. The molecule has 22 heavy (non-hydrogen) atoms. The summed E-state index contributed by atoms with van der Waals surface area (Å²) in [5.41, 5.74) is 0.594. The van der Waals surface area contributed by atoms with E-state index in [0.717, 1.165) is 49.7 Å². The van der Waals surface area contributed by atoms with Gasteiger partial charge in [0.25, 0.3) is 0 Å². The lowest BCUT2D eigenvalue weighted by Gasteiger charge is -2.52. The van der Waals surface area contributed by atoms with Crippen LogP contribution in [0.15, 0.2) is 24.3 Å². The van der Waals surface area contributed by atoms with Gasteiger partial charge in [0, 0.05) is 12.3 Å². The molecule has 3 atom stereocenters. The number of hydrogen-bond acceptors (Lipinski definition) is 2. The predicted molar refractivity (Wildman–Crippen MR) is 92.7 cm³/mol. The van der Waals surface area contributed by atoms with Gasteiger partial charge in [-0.25, -0.2) is 0 Å². The molecule has 2 heteroatoms. The van der Waals surface area contributed by atoms with Gasteiger partial charge in [0.05, 0.1) is 11.2 Å². The zero-order chi connectivity index (χ0) is 16.6. The Hall–Kier alpha value is -0.600. The summed E-state index contributed by atoms with van der Waals surface area (Å²) in [7, 11) is 0. The summed E-state index contributed by atoms with van der Waals surface area (Å²) in [5, 5.41) is 22.5. The van der Waals surface area contributed by atoms with Gasteiger partial charge in [-0.05, 0) is 51.4 Å². The van der Waals surface area contributed by atoms with Crippen molar-refractivity contribution in [2.45, 2.75) is 89.8 Å². The highest BCUT2D eigenvalue weighted by Crippen LogP contribution is 2.53. The molecule has 0 radical (unpaired) electrons. The van der Waals surface area contributed by atoms with Crippen LogP contribution in [0.1, 0.15) is 78.6 Å². The summed E-state index contributed by atoms with van der Waals surface area (Å²) >= 11 is 0. The van der Waals surface area contributed by atoms with E-state index in [1.165, 1.54) is 6.42 Å². The van der Waals surface area contributed by atoms with Crippen molar-refractivity contribution in [3.8, 4) is 0 Å². The Balaban J connectivity index is 2.26. The van der Waals surface area contributed by atoms with E-state index < -0.39 is 11.2 Å². The third-order valence-electron chi connectivity index (χ3n) is 6.37. The van der Waals surface area contributed by atoms with Gasteiger partial charge in [0.15, 0.2) is 0 Å². The molecule has 2 fully saturated rings. The van der Waals surface area contributed by atoms with Crippen molar-refractivity contribution >= 4 is 0 Å². The van der Waals surface area contributed by atoms with Crippen LogP contribution in [-0.4, -0.2) is 21.4 Å². The Labute approximate surface area is 136 Å². The molecule has 0 bridgehead atoms. The lowest BCUT2D eigenvalue weighted by molar-refractivity contribution is -0.132. The zero-order valence-electron chi connectivity index (χ0n) is 14.7.